The lowest BCUT2D eigenvalue weighted by Gasteiger charge is -2.31. The van der Waals surface area contributed by atoms with E-state index >= 15 is 0 Å². The molecule has 100 valence electrons. The number of likely N-dealkylation sites (tertiary alicyclic amines) is 1. The van der Waals surface area contributed by atoms with Gasteiger partial charge in [-0.3, -0.25) is 4.79 Å². The van der Waals surface area contributed by atoms with E-state index in [9.17, 15) is 14.7 Å². The lowest BCUT2D eigenvalue weighted by molar-refractivity contribution is -0.155. The molecule has 0 bridgehead atoms. The maximum atomic E-state index is 12.3. The van der Waals surface area contributed by atoms with Gasteiger partial charge in [0.1, 0.15) is 5.54 Å². The van der Waals surface area contributed by atoms with Crippen LogP contribution in [0.1, 0.15) is 45.4 Å². The molecule has 1 heterocycles. The largest absolute Gasteiger partial charge is 0.480 e. The van der Waals surface area contributed by atoms with Crippen LogP contribution >= 0.6 is 0 Å². The molecule has 1 saturated heterocycles. The van der Waals surface area contributed by atoms with Crippen molar-refractivity contribution < 1.29 is 14.7 Å². The van der Waals surface area contributed by atoms with Gasteiger partial charge < -0.3 is 10.0 Å². The molecule has 0 aromatic heterocycles. The van der Waals surface area contributed by atoms with Crippen LogP contribution in [0.25, 0.3) is 0 Å². The van der Waals surface area contributed by atoms with Crippen molar-refractivity contribution >= 4 is 11.9 Å². The van der Waals surface area contributed by atoms with Gasteiger partial charge in [0, 0.05) is 13.0 Å². The highest BCUT2D eigenvalue weighted by atomic mass is 16.4. The van der Waals surface area contributed by atoms with E-state index in [-0.39, 0.29) is 5.91 Å². The van der Waals surface area contributed by atoms with E-state index in [1.807, 2.05) is 0 Å². The molecule has 3 atom stereocenters. The highest BCUT2D eigenvalue weighted by Gasteiger charge is 2.51. The Labute approximate surface area is 107 Å². The molecule has 18 heavy (non-hydrogen) atoms. The van der Waals surface area contributed by atoms with Crippen molar-refractivity contribution in [2.24, 2.45) is 17.8 Å². The zero-order chi connectivity index (χ0) is 12.9. The molecular weight excluding hydrogens is 230 g/mol. The van der Waals surface area contributed by atoms with Crippen molar-refractivity contribution in [2.75, 3.05) is 6.54 Å². The summed E-state index contributed by atoms with van der Waals surface area (Å²) in [4.78, 5) is 25.2. The predicted molar refractivity (Wildman–Crippen MR) is 65.9 cm³/mol. The van der Waals surface area contributed by atoms with Crippen LogP contribution in [0.3, 0.4) is 0 Å². The SMILES string of the molecule is CC1(C(=O)O)CCCN1C(=O)C[C@@H]1C[C@H]1C1CC1. The average Bonchev–Trinajstić information content (AvgIpc) is 3.18. The number of carbonyl (C=O) groups is 2. The first-order valence-electron chi connectivity index (χ1n) is 7.06. The standard InChI is InChI=1S/C14H21NO3/c1-14(13(17)18)5-2-6-15(14)12(16)8-10-7-11(10)9-3-4-9/h9-11H,2-8H2,1H3,(H,17,18)/t10-,11-,14?/m0/s1. The Bertz CT molecular complexity index is 391. The molecule has 0 aromatic carbocycles. The molecule has 3 fully saturated rings. The first-order chi connectivity index (χ1) is 8.52. The molecule has 2 saturated carbocycles. The number of nitrogens with zero attached hydrogens (tertiary/aromatic N) is 1. The number of carboxylic acid groups (broad SMARTS) is 1. The third-order valence-corrected chi connectivity index (χ3v) is 5.04. The molecule has 2 aliphatic carbocycles. The topological polar surface area (TPSA) is 57.6 Å². The van der Waals surface area contributed by atoms with Gasteiger partial charge in [0.15, 0.2) is 0 Å². The fourth-order valence-electron chi connectivity index (χ4n) is 3.53. The van der Waals surface area contributed by atoms with Crippen LogP contribution in [0.5, 0.6) is 0 Å². The molecule has 3 aliphatic rings. The molecule has 1 aliphatic heterocycles. The van der Waals surface area contributed by atoms with E-state index in [4.69, 9.17) is 0 Å². The highest BCUT2D eigenvalue weighted by Crippen LogP contribution is 2.56. The number of carbonyl (C=O) groups excluding carboxylic acids is 1. The Morgan fingerprint density at radius 2 is 2.11 bits per heavy atom. The third kappa shape index (κ3) is 1.91. The summed E-state index contributed by atoms with van der Waals surface area (Å²) in [6.45, 7) is 2.30. The van der Waals surface area contributed by atoms with Gasteiger partial charge in [-0.1, -0.05) is 0 Å². The van der Waals surface area contributed by atoms with Gasteiger partial charge in [0.2, 0.25) is 5.91 Å². The Kier molecular flexibility index (Phi) is 2.65. The van der Waals surface area contributed by atoms with E-state index in [2.05, 4.69) is 0 Å². The molecule has 0 radical (unpaired) electrons. The van der Waals surface area contributed by atoms with Crippen LogP contribution in [0.15, 0.2) is 0 Å². The summed E-state index contributed by atoms with van der Waals surface area (Å²) in [5.74, 6) is 1.40. The smallest absolute Gasteiger partial charge is 0.329 e. The van der Waals surface area contributed by atoms with Crippen LogP contribution in [-0.2, 0) is 9.59 Å². The summed E-state index contributed by atoms with van der Waals surface area (Å²) < 4.78 is 0. The molecule has 4 heteroatoms. The molecular formula is C14H21NO3. The quantitative estimate of drug-likeness (QED) is 0.830. The van der Waals surface area contributed by atoms with Crippen LogP contribution < -0.4 is 0 Å². The first-order valence-corrected chi connectivity index (χ1v) is 7.06. The third-order valence-electron chi connectivity index (χ3n) is 5.04. The van der Waals surface area contributed by atoms with Gasteiger partial charge in [0.05, 0.1) is 0 Å². The second kappa shape index (κ2) is 3.97. The number of rotatable bonds is 4. The Balaban J connectivity index is 1.60. The zero-order valence-corrected chi connectivity index (χ0v) is 10.9. The van der Waals surface area contributed by atoms with Crippen LogP contribution in [0.4, 0.5) is 0 Å². The van der Waals surface area contributed by atoms with Gasteiger partial charge in [-0.05, 0) is 56.8 Å². The zero-order valence-electron chi connectivity index (χ0n) is 10.9. The summed E-state index contributed by atoms with van der Waals surface area (Å²) in [5, 5.41) is 9.30. The summed E-state index contributed by atoms with van der Waals surface area (Å²) >= 11 is 0. The fraction of sp³-hybridized carbons (Fsp3) is 0.857. The molecule has 0 aromatic rings. The maximum Gasteiger partial charge on any atom is 0.329 e. The monoisotopic (exact) mass is 251 g/mol. The highest BCUT2D eigenvalue weighted by molar-refractivity contribution is 5.87. The minimum Gasteiger partial charge on any atom is -0.480 e. The van der Waals surface area contributed by atoms with Crippen molar-refractivity contribution in [1.29, 1.82) is 0 Å². The van der Waals surface area contributed by atoms with Gasteiger partial charge in [-0.2, -0.15) is 0 Å². The summed E-state index contributed by atoms with van der Waals surface area (Å²) in [6.07, 6.45) is 5.84. The van der Waals surface area contributed by atoms with Crippen LogP contribution in [0, 0.1) is 17.8 Å². The molecule has 3 rings (SSSR count). The van der Waals surface area contributed by atoms with E-state index in [0.717, 1.165) is 18.3 Å². The van der Waals surface area contributed by atoms with E-state index in [1.165, 1.54) is 19.3 Å². The lowest BCUT2D eigenvalue weighted by Crippen LogP contribution is -2.50. The van der Waals surface area contributed by atoms with Crippen LogP contribution in [-0.4, -0.2) is 34.0 Å². The summed E-state index contributed by atoms with van der Waals surface area (Å²) in [6, 6.07) is 0. The van der Waals surface area contributed by atoms with E-state index in [1.54, 1.807) is 11.8 Å². The molecule has 0 spiro atoms. The summed E-state index contributed by atoms with van der Waals surface area (Å²) in [7, 11) is 0. The first kappa shape index (κ1) is 12.0. The molecule has 4 nitrogen and oxygen atoms in total. The minimum atomic E-state index is -0.957. The van der Waals surface area contributed by atoms with E-state index < -0.39 is 11.5 Å². The van der Waals surface area contributed by atoms with Crippen molar-refractivity contribution in [3.63, 3.8) is 0 Å². The van der Waals surface area contributed by atoms with Crippen molar-refractivity contribution in [1.82, 2.24) is 4.90 Å². The Morgan fingerprint density at radius 1 is 1.39 bits per heavy atom. The van der Waals surface area contributed by atoms with Gasteiger partial charge in [0.25, 0.3) is 0 Å². The second-order valence-electron chi connectivity index (χ2n) is 6.43. The van der Waals surface area contributed by atoms with Crippen molar-refractivity contribution in [2.45, 2.75) is 51.0 Å². The van der Waals surface area contributed by atoms with Crippen molar-refractivity contribution in [3.05, 3.63) is 0 Å². The molecule has 1 unspecified atom stereocenters. The number of hydrogen-bond donors (Lipinski definition) is 1. The minimum absolute atomic E-state index is 0.0607. The Morgan fingerprint density at radius 3 is 2.72 bits per heavy atom. The number of hydrogen-bond acceptors (Lipinski definition) is 2. The lowest BCUT2D eigenvalue weighted by atomic mass is 9.98. The van der Waals surface area contributed by atoms with Crippen LogP contribution in [0.2, 0.25) is 0 Å². The summed E-state index contributed by atoms with van der Waals surface area (Å²) in [5.41, 5.74) is -0.957. The maximum absolute atomic E-state index is 12.3. The van der Waals surface area contributed by atoms with Gasteiger partial charge >= 0.3 is 5.97 Å². The van der Waals surface area contributed by atoms with Crippen molar-refractivity contribution in [3.8, 4) is 0 Å². The normalized spacial score (nSPS) is 38.8. The molecule has 1 amide bonds. The molecule has 1 N–H and O–H groups in total. The number of amides is 1. The number of carboxylic acids is 1. The van der Waals surface area contributed by atoms with E-state index in [0.29, 0.717) is 25.3 Å². The Hall–Kier alpha value is -1.06. The second-order valence-corrected chi connectivity index (χ2v) is 6.43. The predicted octanol–water partition coefficient (Wildman–Crippen LogP) is 1.89. The van der Waals surface area contributed by atoms with Gasteiger partial charge in [-0.15, -0.1) is 0 Å². The number of aliphatic carboxylic acids is 1. The van der Waals surface area contributed by atoms with Gasteiger partial charge in [-0.25, -0.2) is 4.79 Å². The fourth-order valence-corrected chi connectivity index (χ4v) is 3.53. The average molecular weight is 251 g/mol.